The molecule has 0 heterocycles. The Hall–Kier alpha value is -2.18. The van der Waals surface area contributed by atoms with Gasteiger partial charge < -0.3 is 11.1 Å². The molecule has 2 aromatic carbocycles. The van der Waals surface area contributed by atoms with Crippen molar-refractivity contribution in [2.75, 3.05) is 11.1 Å². The standard InChI is InChI=1S/C17H20N2O3S/c1-13-6-5-9-15(12-13)23(21,22)11-10-16(18)17(20)19-14-7-3-2-4-8-14/h2-9,12,16H,10-11,18H2,1H3,(H,19,20). The van der Waals surface area contributed by atoms with Gasteiger partial charge in [-0.1, -0.05) is 30.3 Å². The number of rotatable bonds is 6. The van der Waals surface area contributed by atoms with Crippen molar-refractivity contribution >= 4 is 21.4 Å². The van der Waals surface area contributed by atoms with Crippen molar-refractivity contribution in [2.24, 2.45) is 5.73 Å². The Labute approximate surface area is 136 Å². The minimum atomic E-state index is -3.44. The lowest BCUT2D eigenvalue weighted by Gasteiger charge is -2.12. The number of para-hydroxylation sites is 1. The molecule has 1 amide bonds. The molecule has 0 spiro atoms. The van der Waals surface area contributed by atoms with E-state index >= 15 is 0 Å². The zero-order chi connectivity index (χ0) is 16.9. The van der Waals surface area contributed by atoms with E-state index in [2.05, 4.69) is 5.32 Å². The van der Waals surface area contributed by atoms with Gasteiger partial charge in [-0.05, 0) is 43.2 Å². The predicted octanol–water partition coefficient (Wildman–Crippen LogP) is 2.12. The quantitative estimate of drug-likeness (QED) is 0.848. The van der Waals surface area contributed by atoms with Gasteiger partial charge in [0.2, 0.25) is 5.91 Å². The Bertz CT molecular complexity index is 773. The van der Waals surface area contributed by atoms with Gasteiger partial charge in [0.15, 0.2) is 9.84 Å². The Morgan fingerprint density at radius 1 is 1.13 bits per heavy atom. The van der Waals surface area contributed by atoms with E-state index in [1.807, 2.05) is 19.1 Å². The summed E-state index contributed by atoms with van der Waals surface area (Å²) in [5.41, 5.74) is 7.31. The van der Waals surface area contributed by atoms with Crippen molar-refractivity contribution in [1.29, 1.82) is 0 Å². The van der Waals surface area contributed by atoms with E-state index in [0.29, 0.717) is 5.69 Å². The first-order valence-corrected chi connectivity index (χ1v) is 8.94. The van der Waals surface area contributed by atoms with Crippen LogP contribution in [0.5, 0.6) is 0 Å². The molecule has 0 aliphatic heterocycles. The number of carbonyl (C=O) groups is 1. The molecule has 0 fully saturated rings. The van der Waals surface area contributed by atoms with Gasteiger partial charge in [-0.15, -0.1) is 0 Å². The van der Waals surface area contributed by atoms with Crippen molar-refractivity contribution in [3.63, 3.8) is 0 Å². The average Bonchev–Trinajstić information content (AvgIpc) is 2.53. The Morgan fingerprint density at radius 2 is 1.83 bits per heavy atom. The minimum absolute atomic E-state index is 0.0644. The van der Waals surface area contributed by atoms with Crippen LogP contribution in [-0.4, -0.2) is 26.1 Å². The summed E-state index contributed by atoms with van der Waals surface area (Å²) in [7, 11) is -3.44. The first-order valence-electron chi connectivity index (χ1n) is 7.29. The highest BCUT2D eigenvalue weighted by Crippen LogP contribution is 2.14. The molecule has 0 aliphatic carbocycles. The van der Waals surface area contributed by atoms with Gasteiger partial charge >= 0.3 is 0 Å². The SMILES string of the molecule is Cc1cccc(S(=O)(=O)CCC(N)C(=O)Nc2ccccc2)c1. The lowest BCUT2D eigenvalue weighted by molar-refractivity contribution is -0.117. The van der Waals surface area contributed by atoms with E-state index in [0.717, 1.165) is 5.56 Å². The summed E-state index contributed by atoms with van der Waals surface area (Å²) in [6.45, 7) is 1.83. The second kappa shape index (κ2) is 7.39. The molecule has 0 saturated carbocycles. The molecule has 2 aromatic rings. The number of carbonyl (C=O) groups excluding carboxylic acids is 1. The third-order valence-corrected chi connectivity index (χ3v) is 5.17. The highest BCUT2D eigenvalue weighted by molar-refractivity contribution is 7.91. The number of amides is 1. The highest BCUT2D eigenvalue weighted by atomic mass is 32.2. The van der Waals surface area contributed by atoms with E-state index in [4.69, 9.17) is 5.73 Å². The topological polar surface area (TPSA) is 89.3 Å². The monoisotopic (exact) mass is 332 g/mol. The number of hydrogen-bond acceptors (Lipinski definition) is 4. The number of aryl methyl sites for hydroxylation is 1. The molecule has 1 atom stereocenters. The fourth-order valence-electron chi connectivity index (χ4n) is 2.10. The first kappa shape index (κ1) is 17.2. The van der Waals surface area contributed by atoms with Crippen LogP contribution >= 0.6 is 0 Å². The van der Waals surface area contributed by atoms with Crippen LogP contribution in [0.1, 0.15) is 12.0 Å². The second-order valence-corrected chi connectivity index (χ2v) is 7.49. The molecule has 0 aromatic heterocycles. The second-order valence-electron chi connectivity index (χ2n) is 5.39. The van der Waals surface area contributed by atoms with Crippen LogP contribution in [0.2, 0.25) is 0 Å². The van der Waals surface area contributed by atoms with Crippen molar-refractivity contribution < 1.29 is 13.2 Å². The maximum absolute atomic E-state index is 12.3. The van der Waals surface area contributed by atoms with Crippen LogP contribution < -0.4 is 11.1 Å². The molecule has 6 heteroatoms. The summed E-state index contributed by atoms with van der Waals surface area (Å²) in [5.74, 6) is -0.560. The van der Waals surface area contributed by atoms with E-state index in [1.54, 1.807) is 42.5 Å². The van der Waals surface area contributed by atoms with Gasteiger partial charge in [0.1, 0.15) is 0 Å². The van der Waals surface area contributed by atoms with Gasteiger partial charge in [0, 0.05) is 5.69 Å². The molecule has 5 nitrogen and oxygen atoms in total. The summed E-state index contributed by atoms with van der Waals surface area (Å²) in [5, 5.41) is 2.67. The van der Waals surface area contributed by atoms with Gasteiger partial charge in [0.05, 0.1) is 16.7 Å². The third kappa shape index (κ3) is 4.91. The normalized spacial score (nSPS) is 12.6. The molecule has 23 heavy (non-hydrogen) atoms. The fraction of sp³-hybridized carbons (Fsp3) is 0.235. The van der Waals surface area contributed by atoms with Gasteiger partial charge in [-0.25, -0.2) is 8.42 Å². The number of sulfone groups is 1. The smallest absolute Gasteiger partial charge is 0.241 e. The van der Waals surface area contributed by atoms with Crippen molar-refractivity contribution in [3.05, 3.63) is 60.2 Å². The van der Waals surface area contributed by atoms with Crippen LogP contribution in [0.4, 0.5) is 5.69 Å². The molecular weight excluding hydrogens is 312 g/mol. The molecule has 0 radical (unpaired) electrons. The molecule has 2 rings (SSSR count). The summed E-state index contributed by atoms with van der Waals surface area (Å²) >= 11 is 0. The van der Waals surface area contributed by atoms with E-state index in [-0.39, 0.29) is 17.1 Å². The van der Waals surface area contributed by atoms with Crippen LogP contribution in [0.3, 0.4) is 0 Å². The summed E-state index contributed by atoms with van der Waals surface area (Å²) in [4.78, 5) is 12.2. The Balaban J connectivity index is 1.95. The fourth-order valence-corrected chi connectivity index (χ4v) is 3.55. The molecular formula is C17H20N2O3S. The molecule has 0 bridgehead atoms. The lowest BCUT2D eigenvalue weighted by Crippen LogP contribution is -2.37. The van der Waals surface area contributed by atoms with Crippen LogP contribution in [0.15, 0.2) is 59.5 Å². The van der Waals surface area contributed by atoms with Crippen LogP contribution in [0, 0.1) is 6.92 Å². The minimum Gasteiger partial charge on any atom is -0.325 e. The van der Waals surface area contributed by atoms with Gasteiger partial charge in [0.25, 0.3) is 0 Å². The van der Waals surface area contributed by atoms with Crippen LogP contribution in [-0.2, 0) is 14.6 Å². The molecule has 3 N–H and O–H groups in total. The number of nitrogens with two attached hydrogens (primary N) is 1. The van der Waals surface area contributed by atoms with E-state index in [9.17, 15) is 13.2 Å². The zero-order valence-corrected chi connectivity index (χ0v) is 13.7. The largest absolute Gasteiger partial charge is 0.325 e. The predicted molar refractivity (Wildman–Crippen MR) is 90.9 cm³/mol. The molecule has 0 saturated heterocycles. The number of hydrogen-bond donors (Lipinski definition) is 2. The van der Waals surface area contributed by atoms with E-state index in [1.165, 1.54) is 0 Å². The zero-order valence-electron chi connectivity index (χ0n) is 12.9. The highest BCUT2D eigenvalue weighted by Gasteiger charge is 2.20. The van der Waals surface area contributed by atoms with Gasteiger partial charge in [-0.2, -0.15) is 0 Å². The summed E-state index contributed by atoms with van der Waals surface area (Å²) in [6.07, 6.45) is 0.0644. The van der Waals surface area contributed by atoms with E-state index < -0.39 is 21.8 Å². The number of benzene rings is 2. The number of nitrogens with one attached hydrogen (secondary N) is 1. The number of anilines is 1. The Morgan fingerprint density at radius 3 is 2.48 bits per heavy atom. The third-order valence-electron chi connectivity index (χ3n) is 3.42. The van der Waals surface area contributed by atoms with Crippen molar-refractivity contribution in [3.8, 4) is 0 Å². The molecule has 0 aliphatic rings. The summed E-state index contributed by atoms with van der Waals surface area (Å²) < 4.78 is 24.6. The first-order chi connectivity index (χ1) is 10.9. The van der Waals surface area contributed by atoms with Crippen molar-refractivity contribution in [2.45, 2.75) is 24.3 Å². The van der Waals surface area contributed by atoms with Crippen LogP contribution in [0.25, 0.3) is 0 Å². The maximum atomic E-state index is 12.3. The van der Waals surface area contributed by atoms with Gasteiger partial charge in [-0.3, -0.25) is 4.79 Å². The lowest BCUT2D eigenvalue weighted by atomic mass is 10.2. The maximum Gasteiger partial charge on any atom is 0.241 e. The summed E-state index contributed by atoms with van der Waals surface area (Å²) in [6, 6.07) is 14.7. The average molecular weight is 332 g/mol. The van der Waals surface area contributed by atoms with Crippen molar-refractivity contribution in [1.82, 2.24) is 0 Å². The molecule has 122 valence electrons. The molecule has 1 unspecified atom stereocenters. The Kier molecular flexibility index (Phi) is 5.52.